The first-order valence-electron chi connectivity index (χ1n) is 7.73. The van der Waals surface area contributed by atoms with Crippen molar-refractivity contribution in [1.29, 1.82) is 0 Å². The molecule has 0 aromatic heterocycles. The summed E-state index contributed by atoms with van der Waals surface area (Å²) < 4.78 is 0. The van der Waals surface area contributed by atoms with Gasteiger partial charge in [0.25, 0.3) is 0 Å². The van der Waals surface area contributed by atoms with Gasteiger partial charge in [0.05, 0.1) is 0 Å². The summed E-state index contributed by atoms with van der Waals surface area (Å²) in [7, 11) is 0. The topological polar surface area (TPSA) is 60.7 Å². The number of aryl methyl sites for hydroxylation is 1. The summed E-state index contributed by atoms with van der Waals surface area (Å²) in [5, 5.41) is 30.8. The number of aromatic hydroxyl groups is 3. The third-order valence-electron chi connectivity index (χ3n) is 6.01. The van der Waals surface area contributed by atoms with E-state index in [4.69, 9.17) is 0 Å². The van der Waals surface area contributed by atoms with Crippen molar-refractivity contribution < 1.29 is 15.3 Å². The SMILES string of the molecule is Cc1cc(O)c(O)c(C23CC4CC(CC(C4)C2)C3)c1O. The molecule has 3 nitrogen and oxygen atoms in total. The standard InChI is InChI=1S/C17H22O3/c1-9-2-13(18)16(20)14(15(9)19)17-6-10-3-11(7-17)5-12(4-10)8-17/h2,10-12,18-20H,3-8H2,1H3. The van der Waals surface area contributed by atoms with Crippen LogP contribution in [-0.4, -0.2) is 15.3 Å². The third-order valence-corrected chi connectivity index (χ3v) is 6.01. The van der Waals surface area contributed by atoms with Gasteiger partial charge in [-0.25, -0.2) is 0 Å². The zero-order valence-electron chi connectivity index (χ0n) is 11.9. The zero-order chi connectivity index (χ0) is 14.1. The van der Waals surface area contributed by atoms with Gasteiger partial charge in [0.15, 0.2) is 11.5 Å². The van der Waals surface area contributed by atoms with Crippen LogP contribution in [-0.2, 0) is 5.41 Å². The molecule has 0 saturated heterocycles. The predicted octanol–water partition coefficient (Wildman–Crippen LogP) is 3.58. The number of phenols is 3. The van der Waals surface area contributed by atoms with Crippen LogP contribution >= 0.6 is 0 Å². The van der Waals surface area contributed by atoms with E-state index in [0.717, 1.165) is 37.0 Å². The lowest BCUT2D eigenvalue weighted by Crippen LogP contribution is -2.48. The van der Waals surface area contributed by atoms with Crippen LogP contribution in [0.25, 0.3) is 0 Å². The van der Waals surface area contributed by atoms with E-state index in [1.165, 1.54) is 25.3 Å². The Morgan fingerprint density at radius 2 is 1.40 bits per heavy atom. The molecule has 3 heteroatoms. The molecule has 3 N–H and O–H groups in total. The summed E-state index contributed by atoms with van der Waals surface area (Å²) in [6.07, 6.45) is 7.13. The van der Waals surface area contributed by atoms with Gasteiger partial charge in [-0.3, -0.25) is 0 Å². The van der Waals surface area contributed by atoms with E-state index >= 15 is 0 Å². The third kappa shape index (κ3) is 1.52. The largest absolute Gasteiger partial charge is 0.507 e. The summed E-state index contributed by atoms with van der Waals surface area (Å²) in [4.78, 5) is 0. The van der Waals surface area contributed by atoms with Crippen LogP contribution in [0.1, 0.15) is 49.7 Å². The molecule has 4 bridgehead atoms. The van der Waals surface area contributed by atoms with E-state index in [2.05, 4.69) is 0 Å². The highest BCUT2D eigenvalue weighted by Crippen LogP contribution is 2.64. The molecule has 0 atom stereocenters. The van der Waals surface area contributed by atoms with Gasteiger partial charge >= 0.3 is 0 Å². The Balaban J connectivity index is 1.89. The van der Waals surface area contributed by atoms with Gasteiger partial charge in [0.2, 0.25) is 0 Å². The van der Waals surface area contributed by atoms with Crippen molar-refractivity contribution >= 4 is 0 Å². The van der Waals surface area contributed by atoms with E-state index < -0.39 is 0 Å². The van der Waals surface area contributed by atoms with Crippen molar-refractivity contribution in [3.05, 3.63) is 17.2 Å². The van der Waals surface area contributed by atoms with Crippen LogP contribution in [0.2, 0.25) is 0 Å². The lowest BCUT2D eigenvalue weighted by atomic mass is 9.47. The number of hydrogen-bond donors (Lipinski definition) is 3. The van der Waals surface area contributed by atoms with Gasteiger partial charge in [-0.15, -0.1) is 0 Å². The van der Waals surface area contributed by atoms with E-state index in [9.17, 15) is 15.3 Å². The summed E-state index contributed by atoms with van der Waals surface area (Å²) in [6.45, 7) is 1.79. The monoisotopic (exact) mass is 274 g/mol. The highest BCUT2D eigenvalue weighted by Gasteiger charge is 2.53. The molecule has 4 saturated carbocycles. The predicted molar refractivity (Wildman–Crippen MR) is 76.0 cm³/mol. The quantitative estimate of drug-likeness (QED) is 0.542. The minimum absolute atomic E-state index is 0.0879. The van der Waals surface area contributed by atoms with E-state index in [1.807, 2.05) is 0 Å². The average molecular weight is 274 g/mol. The maximum atomic E-state index is 10.5. The van der Waals surface area contributed by atoms with Gasteiger partial charge in [-0.2, -0.15) is 0 Å². The molecule has 1 aromatic rings. The van der Waals surface area contributed by atoms with E-state index in [0.29, 0.717) is 11.1 Å². The summed E-state index contributed by atoms with van der Waals surface area (Å²) >= 11 is 0. The first-order chi connectivity index (χ1) is 9.48. The van der Waals surface area contributed by atoms with Crippen LogP contribution in [0.5, 0.6) is 17.2 Å². The minimum Gasteiger partial charge on any atom is -0.507 e. The molecule has 0 spiro atoms. The fraction of sp³-hybridized carbons (Fsp3) is 0.647. The van der Waals surface area contributed by atoms with Crippen LogP contribution in [0.4, 0.5) is 0 Å². The van der Waals surface area contributed by atoms with Crippen molar-refractivity contribution in [2.75, 3.05) is 0 Å². The van der Waals surface area contributed by atoms with Crippen molar-refractivity contribution in [3.63, 3.8) is 0 Å². The Bertz CT molecular complexity index is 515. The number of hydrogen-bond acceptors (Lipinski definition) is 3. The number of benzene rings is 1. The van der Waals surface area contributed by atoms with Crippen LogP contribution in [0.3, 0.4) is 0 Å². The average Bonchev–Trinajstić information content (AvgIpc) is 2.34. The van der Waals surface area contributed by atoms with Gasteiger partial charge in [0, 0.05) is 11.0 Å². The van der Waals surface area contributed by atoms with Gasteiger partial charge in [0.1, 0.15) is 5.75 Å². The molecule has 108 valence electrons. The summed E-state index contributed by atoms with van der Waals surface area (Å²) in [5.74, 6) is 2.23. The molecular formula is C17H22O3. The van der Waals surface area contributed by atoms with Crippen LogP contribution in [0, 0.1) is 24.7 Å². The van der Waals surface area contributed by atoms with E-state index in [1.54, 1.807) is 6.92 Å². The normalized spacial score (nSPS) is 38.4. The Morgan fingerprint density at radius 1 is 0.900 bits per heavy atom. The molecule has 1 aromatic carbocycles. The molecule has 0 amide bonds. The highest BCUT2D eigenvalue weighted by molar-refractivity contribution is 5.59. The molecule has 0 unspecified atom stereocenters. The summed E-state index contributed by atoms with van der Waals surface area (Å²) in [5.41, 5.74) is 1.19. The lowest BCUT2D eigenvalue weighted by Gasteiger charge is -2.57. The van der Waals surface area contributed by atoms with Gasteiger partial charge in [-0.05, 0) is 74.8 Å². The van der Waals surface area contributed by atoms with Crippen molar-refractivity contribution in [2.45, 2.75) is 50.9 Å². The van der Waals surface area contributed by atoms with Crippen molar-refractivity contribution in [3.8, 4) is 17.2 Å². The minimum atomic E-state index is -0.105. The maximum Gasteiger partial charge on any atom is 0.165 e. The van der Waals surface area contributed by atoms with Gasteiger partial charge in [-0.1, -0.05) is 0 Å². The Morgan fingerprint density at radius 3 is 1.90 bits per heavy atom. The molecule has 0 heterocycles. The fourth-order valence-electron chi connectivity index (χ4n) is 5.70. The van der Waals surface area contributed by atoms with Crippen molar-refractivity contribution in [1.82, 2.24) is 0 Å². The smallest absolute Gasteiger partial charge is 0.165 e. The zero-order valence-corrected chi connectivity index (χ0v) is 11.9. The highest BCUT2D eigenvalue weighted by atomic mass is 16.3. The fourth-order valence-corrected chi connectivity index (χ4v) is 5.70. The molecule has 0 aliphatic heterocycles. The van der Waals surface area contributed by atoms with E-state index in [-0.39, 0.29) is 22.7 Å². The second-order valence-electron chi connectivity index (χ2n) is 7.48. The Hall–Kier alpha value is -1.38. The molecule has 5 rings (SSSR count). The first-order valence-corrected chi connectivity index (χ1v) is 7.73. The maximum absolute atomic E-state index is 10.5. The molecule has 4 aliphatic carbocycles. The molecule has 4 aliphatic rings. The Labute approximate surface area is 119 Å². The molecule has 4 fully saturated rings. The number of rotatable bonds is 1. The second kappa shape index (κ2) is 3.84. The van der Waals surface area contributed by atoms with Gasteiger partial charge < -0.3 is 15.3 Å². The number of phenolic OH excluding ortho intramolecular Hbond substituents is 3. The van der Waals surface area contributed by atoms with Crippen molar-refractivity contribution in [2.24, 2.45) is 17.8 Å². The Kier molecular flexibility index (Phi) is 2.37. The van der Waals surface area contributed by atoms with Crippen LogP contribution in [0.15, 0.2) is 6.07 Å². The summed E-state index contributed by atoms with van der Waals surface area (Å²) in [6, 6.07) is 1.45. The molecule has 20 heavy (non-hydrogen) atoms. The van der Waals surface area contributed by atoms with Crippen LogP contribution < -0.4 is 0 Å². The lowest BCUT2D eigenvalue weighted by molar-refractivity contribution is -0.00730. The molecule has 0 radical (unpaired) electrons. The second-order valence-corrected chi connectivity index (χ2v) is 7.48. The molecular weight excluding hydrogens is 252 g/mol. The first kappa shape index (κ1) is 12.4.